The molecule has 1 aromatic carbocycles. The fraction of sp³-hybridized carbons (Fsp3) is 0.167. The number of hydrogen-bond donors (Lipinski definition) is 2. The number of carbonyl (C=O) groups excluding carboxylic acids is 1. The summed E-state index contributed by atoms with van der Waals surface area (Å²) >= 11 is 0. The van der Waals surface area contributed by atoms with Crippen LogP contribution >= 0.6 is 0 Å². The Labute approximate surface area is 140 Å². The molecule has 1 amide bonds. The zero-order valence-electron chi connectivity index (χ0n) is 13.4. The fourth-order valence-corrected chi connectivity index (χ4v) is 2.36. The Morgan fingerprint density at radius 2 is 1.88 bits per heavy atom. The highest BCUT2D eigenvalue weighted by Crippen LogP contribution is 2.09. The van der Waals surface area contributed by atoms with E-state index in [0.717, 1.165) is 17.2 Å². The van der Waals surface area contributed by atoms with E-state index in [1.165, 1.54) is 6.33 Å². The predicted octanol–water partition coefficient (Wildman–Crippen LogP) is 2.42. The van der Waals surface area contributed by atoms with Gasteiger partial charge in [0, 0.05) is 37.1 Å². The topological polar surface area (TPSA) is 71.8 Å². The van der Waals surface area contributed by atoms with Gasteiger partial charge in [-0.15, -0.1) is 0 Å². The van der Waals surface area contributed by atoms with Gasteiger partial charge in [-0.3, -0.25) is 4.79 Å². The SMILES string of the molecule is Cc1ccccc1C(=O)NCCNc1cc(-n2cccc2)ncn1. The van der Waals surface area contributed by atoms with E-state index >= 15 is 0 Å². The molecule has 6 heteroatoms. The second-order valence-electron chi connectivity index (χ2n) is 5.35. The Balaban J connectivity index is 1.51. The summed E-state index contributed by atoms with van der Waals surface area (Å²) in [5.74, 6) is 1.45. The molecule has 24 heavy (non-hydrogen) atoms. The van der Waals surface area contributed by atoms with Gasteiger partial charge < -0.3 is 15.2 Å². The van der Waals surface area contributed by atoms with E-state index in [2.05, 4.69) is 20.6 Å². The number of anilines is 1. The highest BCUT2D eigenvalue weighted by Gasteiger charge is 2.07. The average Bonchev–Trinajstić information content (AvgIpc) is 3.14. The first-order valence-corrected chi connectivity index (χ1v) is 7.77. The van der Waals surface area contributed by atoms with Crippen molar-refractivity contribution in [3.05, 3.63) is 72.3 Å². The van der Waals surface area contributed by atoms with E-state index < -0.39 is 0 Å². The maximum Gasteiger partial charge on any atom is 0.251 e. The molecule has 3 rings (SSSR count). The lowest BCUT2D eigenvalue weighted by atomic mass is 10.1. The van der Waals surface area contributed by atoms with Gasteiger partial charge in [-0.2, -0.15) is 0 Å². The number of nitrogens with zero attached hydrogens (tertiary/aromatic N) is 3. The van der Waals surface area contributed by atoms with Crippen LogP contribution in [0.15, 0.2) is 61.2 Å². The number of amides is 1. The molecule has 122 valence electrons. The van der Waals surface area contributed by atoms with Gasteiger partial charge in [-0.1, -0.05) is 18.2 Å². The van der Waals surface area contributed by atoms with Gasteiger partial charge >= 0.3 is 0 Å². The lowest BCUT2D eigenvalue weighted by molar-refractivity contribution is 0.0954. The van der Waals surface area contributed by atoms with E-state index in [9.17, 15) is 4.79 Å². The van der Waals surface area contributed by atoms with Gasteiger partial charge in [0.05, 0.1) is 0 Å². The lowest BCUT2D eigenvalue weighted by Crippen LogP contribution is -2.29. The van der Waals surface area contributed by atoms with E-state index in [1.54, 1.807) is 0 Å². The number of benzene rings is 1. The molecule has 0 fully saturated rings. The van der Waals surface area contributed by atoms with E-state index in [4.69, 9.17) is 0 Å². The number of aryl methyl sites for hydroxylation is 1. The summed E-state index contributed by atoms with van der Waals surface area (Å²) in [6, 6.07) is 13.3. The van der Waals surface area contributed by atoms with Gasteiger partial charge in [-0.05, 0) is 30.7 Å². The zero-order chi connectivity index (χ0) is 16.8. The van der Waals surface area contributed by atoms with Gasteiger partial charge in [-0.25, -0.2) is 9.97 Å². The fourth-order valence-electron chi connectivity index (χ4n) is 2.36. The first-order chi connectivity index (χ1) is 11.7. The van der Waals surface area contributed by atoms with Crippen molar-refractivity contribution >= 4 is 11.7 Å². The van der Waals surface area contributed by atoms with Crippen LogP contribution in [0.4, 0.5) is 5.82 Å². The summed E-state index contributed by atoms with van der Waals surface area (Å²) in [5, 5.41) is 6.09. The maximum atomic E-state index is 12.1. The van der Waals surface area contributed by atoms with Crippen molar-refractivity contribution in [3.63, 3.8) is 0 Å². The van der Waals surface area contributed by atoms with Crippen molar-refractivity contribution in [2.75, 3.05) is 18.4 Å². The third-order valence-corrected chi connectivity index (χ3v) is 3.63. The third kappa shape index (κ3) is 3.78. The minimum atomic E-state index is -0.0642. The molecule has 0 radical (unpaired) electrons. The molecule has 0 atom stereocenters. The summed E-state index contributed by atoms with van der Waals surface area (Å²) in [6.45, 7) is 3.02. The largest absolute Gasteiger partial charge is 0.368 e. The van der Waals surface area contributed by atoms with Crippen LogP contribution in [-0.2, 0) is 0 Å². The Bertz CT molecular complexity index is 814. The van der Waals surface area contributed by atoms with E-state index in [-0.39, 0.29) is 5.91 Å². The van der Waals surface area contributed by atoms with Crippen LogP contribution in [0.2, 0.25) is 0 Å². The number of hydrogen-bond acceptors (Lipinski definition) is 4. The molecule has 0 bridgehead atoms. The molecule has 2 N–H and O–H groups in total. The van der Waals surface area contributed by atoms with E-state index in [0.29, 0.717) is 18.7 Å². The number of carbonyl (C=O) groups is 1. The summed E-state index contributed by atoms with van der Waals surface area (Å²) in [7, 11) is 0. The van der Waals surface area contributed by atoms with Gasteiger partial charge in [0.25, 0.3) is 5.91 Å². The molecule has 2 aromatic heterocycles. The Kier molecular flexibility index (Phi) is 4.86. The normalized spacial score (nSPS) is 10.4. The van der Waals surface area contributed by atoms with Crippen LogP contribution in [0.5, 0.6) is 0 Å². The first kappa shape index (κ1) is 15.7. The van der Waals surface area contributed by atoms with E-state index in [1.807, 2.05) is 66.3 Å². The number of nitrogens with one attached hydrogen (secondary N) is 2. The molecule has 0 unspecified atom stereocenters. The Hall–Kier alpha value is -3.15. The second-order valence-corrected chi connectivity index (χ2v) is 5.35. The molecule has 0 spiro atoms. The highest BCUT2D eigenvalue weighted by atomic mass is 16.1. The molecule has 0 aliphatic rings. The maximum absolute atomic E-state index is 12.1. The molecular weight excluding hydrogens is 302 g/mol. The smallest absolute Gasteiger partial charge is 0.251 e. The van der Waals surface area contributed by atoms with Crippen molar-refractivity contribution < 1.29 is 4.79 Å². The minimum Gasteiger partial charge on any atom is -0.368 e. The predicted molar refractivity (Wildman–Crippen MR) is 93.4 cm³/mol. The summed E-state index contributed by atoms with van der Waals surface area (Å²) < 4.78 is 1.91. The van der Waals surface area contributed by atoms with Crippen LogP contribution < -0.4 is 10.6 Å². The third-order valence-electron chi connectivity index (χ3n) is 3.63. The summed E-state index contributed by atoms with van der Waals surface area (Å²) in [4.78, 5) is 20.5. The zero-order valence-corrected chi connectivity index (χ0v) is 13.4. The van der Waals surface area contributed by atoms with Gasteiger partial charge in [0.1, 0.15) is 18.0 Å². The summed E-state index contributed by atoms with van der Waals surface area (Å²) in [6.07, 6.45) is 5.37. The Morgan fingerprint density at radius 1 is 1.08 bits per heavy atom. The molecule has 0 aliphatic carbocycles. The molecule has 6 nitrogen and oxygen atoms in total. The quantitative estimate of drug-likeness (QED) is 0.684. The number of rotatable bonds is 6. The van der Waals surface area contributed by atoms with Crippen molar-refractivity contribution in [1.29, 1.82) is 0 Å². The van der Waals surface area contributed by atoms with Crippen molar-refractivity contribution in [3.8, 4) is 5.82 Å². The van der Waals surface area contributed by atoms with Gasteiger partial charge in [0.15, 0.2) is 0 Å². The van der Waals surface area contributed by atoms with Gasteiger partial charge in [0.2, 0.25) is 0 Å². The molecule has 0 aliphatic heterocycles. The molecular formula is C18H19N5O. The lowest BCUT2D eigenvalue weighted by Gasteiger charge is -2.09. The standard InChI is InChI=1S/C18H19N5O/c1-14-6-2-3-7-15(14)18(24)20-9-8-19-16-12-17(22-13-21-16)23-10-4-5-11-23/h2-7,10-13H,8-9H2,1H3,(H,20,24)(H,19,21,22). The Morgan fingerprint density at radius 3 is 2.67 bits per heavy atom. The molecule has 0 saturated heterocycles. The summed E-state index contributed by atoms with van der Waals surface area (Å²) in [5.41, 5.74) is 1.67. The molecule has 2 heterocycles. The second kappa shape index (κ2) is 7.41. The van der Waals surface area contributed by atoms with Crippen LogP contribution in [0.25, 0.3) is 5.82 Å². The van der Waals surface area contributed by atoms with Crippen LogP contribution in [0, 0.1) is 6.92 Å². The molecule has 0 saturated carbocycles. The monoisotopic (exact) mass is 321 g/mol. The van der Waals surface area contributed by atoms with Crippen LogP contribution in [0.3, 0.4) is 0 Å². The number of aromatic nitrogens is 3. The van der Waals surface area contributed by atoms with Crippen LogP contribution in [0.1, 0.15) is 15.9 Å². The average molecular weight is 321 g/mol. The minimum absolute atomic E-state index is 0.0642. The van der Waals surface area contributed by atoms with Crippen molar-refractivity contribution in [2.24, 2.45) is 0 Å². The highest BCUT2D eigenvalue weighted by molar-refractivity contribution is 5.95. The first-order valence-electron chi connectivity index (χ1n) is 7.77. The van der Waals surface area contributed by atoms with Crippen molar-refractivity contribution in [1.82, 2.24) is 19.9 Å². The molecule has 3 aromatic rings. The van der Waals surface area contributed by atoms with Crippen LogP contribution in [-0.4, -0.2) is 33.5 Å². The van der Waals surface area contributed by atoms with Crippen molar-refractivity contribution in [2.45, 2.75) is 6.92 Å².